The highest BCUT2D eigenvalue weighted by atomic mass is 19.1. The van der Waals surface area contributed by atoms with Crippen LogP contribution in [-0.2, 0) is 21.7 Å². The van der Waals surface area contributed by atoms with Crippen LogP contribution in [-0.4, -0.2) is 53.3 Å². The zero-order chi connectivity index (χ0) is 26.1. The van der Waals surface area contributed by atoms with Crippen LogP contribution in [0.5, 0.6) is 5.75 Å². The third kappa shape index (κ3) is 3.35. The Morgan fingerprint density at radius 2 is 2.03 bits per heavy atom. The number of nitrogens with one attached hydrogen (secondary N) is 2. The molecule has 5 heterocycles. The van der Waals surface area contributed by atoms with E-state index in [-0.39, 0.29) is 42.1 Å². The number of hydrogen-bond acceptors (Lipinski definition) is 7. The topological polar surface area (TPSA) is 134 Å². The summed E-state index contributed by atoms with van der Waals surface area (Å²) in [7, 11) is 1.30. The van der Waals surface area contributed by atoms with Gasteiger partial charge >= 0.3 is 6.03 Å². The molecule has 2 unspecified atom stereocenters. The van der Waals surface area contributed by atoms with Gasteiger partial charge in [0.15, 0.2) is 22.7 Å². The van der Waals surface area contributed by atoms with Crippen molar-refractivity contribution in [2.75, 3.05) is 18.6 Å². The molecule has 11 nitrogen and oxygen atoms in total. The third-order valence-electron chi connectivity index (χ3n) is 7.16. The fourth-order valence-corrected chi connectivity index (χ4v) is 5.26. The molecule has 3 aromatic rings. The second kappa shape index (κ2) is 8.02. The largest absolute Gasteiger partial charge is 0.494 e. The van der Waals surface area contributed by atoms with Gasteiger partial charge in [-0.25, -0.2) is 14.2 Å². The van der Waals surface area contributed by atoms with Gasteiger partial charge in [0, 0.05) is 25.1 Å². The summed E-state index contributed by atoms with van der Waals surface area (Å²) in [4.78, 5) is 58.3. The Kier molecular flexibility index (Phi) is 4.97. The van der Waals surface area contributed by atoms with Crippen LogP contribution in [0.4, 0.5) is 15.0 Å². The zero-order valence-electron chi connectivity index (χ0n) is 20.0. The zero-order valence-corrected chi connectivity index (χ0v) is 20.0. The van der Waals surface area contributed by atoms with Crippen molar-refractivity contribution in [2.24, 2.45) is 0 Å². The molecule has 0 spiro atoms. The lowest BCUT2D eigenvalue weighted by Gasteiger charge is -2.28. The molecule has 2 saturated heterocycles. The highest BCUT2D eigenvalue weighted by molar-refractivity contribution is 6.08. The van der Waals surface area contributed by atoms with E-state index < -0.39 is 29.2 Å². The first-order valence-electron chi connectivity index (χ1n) is 11.7. The average Bonchev–Trinajstić information content (AvgIpc) is 3.59. The second-order valence-electron chi connectivity index (χ2n) is 9.41. The van der Waals surface area contributed by atoms with Gasteiger partial charge in [0.2, 0.25) is 5.91 Å². The molecule has 2 aromatic heterocycles. The van der Waals surface area contributed by atoms with Crippen LogP contribution < -0.4 is 20.3 Å². The third-order valence-corrected chi connectivity index (χ3v) is 7.16. The summed E-state index contributed by atoms with van der Waals surface area (Å²) in [5.74, 6) is -1.73. The van der Waals surface area contributed by atoms with Gasteiger partial charge in [-0.1, -0.05) is 6.07 Å². The maximum absolute atomic E-state index is 14.9. The number of rotatable bonds is 5. The maximum Gasteiger partial charge on any atom is 0.322 e. The number of nitrogens with zero attached hydrogens (tertiary/aromatic N) is 3. The van der Waals surface area contributed by atoms with E-state index in [4.69, 9.17) is 9.15 Å². The number of amides is 5. The van der Waals surface area contributed by atoms with Crippen molar-refractivity contribution >= 4 is 40.7 Å². The normalized spacial score (nSPS) is 23.2. The van der Waals surface area contributed by atoms with Gasteiger partial charge in [-0.15, -0.1) is 0 Å². The van der Waals surface area contributed by atoms with Gasteiger partial charge < -0.3 is 19.4 Å². The van der Waals surface area contributed by atoms with Crippen LogP contribution in [0.15, 0.2) is 34.7 Å². The fraction of sp³-hybridized carbons (Fsp3) is 0.320. The first-order chi connectivity index (χ1) is 17.7. The molecule has 0 aliphatic carbocycles. The number of anilines is 1. The number of imide groups is 1. The first kappa shape index (κ1) is 23.0. The Bertz CT molecular complexity index is 1520. The van der Waals surface area contributed by atoms with Gasteiger partial charge in [0.05, 0.1) is 19.2 Å². The Hall–Kier alpha value is -4.48. The number of carbonyl (C=O) groups excluding carboxylic acids is 4. The second-order valence-corrected chi connectivity index (χ2v) is 9.41. The molecule has 3 aliphatic heterocycles. The van der Waals surface area contributed by atoms with Gasteiger partial charge in [0.25, 0.3) is 11.8 Å². The molecule has 0 bridgehead atoms. The molecule has 2 atom stereocenters. The van der Waals surface area contributed by atoms with Crippen molar-refractivity contribution < 1.29 is 32.7 Å². The van der Waals surface area contributed by atoms with Crippen LogP contribution in [0.1, 0.15) is 41.4 Å². The van der Waals surface area contributed by atoms with Crippen LogP contribution >= 0.6 is 0 Å². The molecule has 190 valence electrons. The first-order valence-corrected chi connectivity index (χ1v) is 11.7. The van der Waals surface area contributed by atoms with E-state index in [0.29, 0.717) is 28.9 Å². The number of pyridine rings is 1. The van der Waals surface area contributed by atoms with E-state index in [2.05, 4.69) is 15.6 Å². The molecule has 0 radical (unpaired) electrons. The van der Waals surface area contributed by atoms with Crippen LogP contribution in [0.3, 0.4) is 0 Å². The Balaban J connectivity index is 1.38. The summed E-state index contributed by atoms with van der Waals surface area (Å²) < 4.78 is 25.8. The van der Waals surface area contributed by atoms with E-state index >= 15 is 0 Å². The van der Waals surface area contributed by atoms with Gasteiger partial charge in [-0.05, 0) is 37.1 Å². The van der Waals surface area contributed by atoms with Crippen molar-refractivity contribution in [1.82, 2.24) is 20.5 Å². The molecule has 37 heavy (non-hydrogen) atoms. The van der Waals surface area contributed by atoms with Gasteiger partial charge in [-0.2, -0.15) is 0 Å². The molecule has 6 rings (SSSR count). The number of carbonyl (C=O) groups is 4. The van der Waals surface area contributed by atoms with E-state index in [1.807, 2.05) is 6.92 Å². The predicted octanol–water partition coefficient (Wildman–Crippen LogP) is 2.18. The minimum Gasteiger partial charge on any atom is -0.494 e. The Morgan fingerprint density at radius 1 is 1.22 bits per heavy atom. The summed E-state index contributed by atoms with van der Waals surface area (Å²) in [5, 5.41) is 4.80. The molecule has 3 aliphatic rings. The van der Waals surface area contributed by atoms with E-state index in [1.54, 1.807) is 23.1 Å². The molecule has 2 N–H and O–H groups in total. The number of halogens is 1. The predicted molar refractivity (Wildman–Crippen MR) is 126 cm³/mol. The van der Waals surface area contributed by atoms with Crippen LogP contribution in [0.2, 0.25) is 0 Å². The van der Waals surface area contributed by atoms with E-state index in [0.717, 1.165) is 6.42 Å². The summed E-state index contributed by atoms with van der Waals surface area (Å²) in [6, 6.07) is 7.06. The van der Waals surface area contributed by atoms with Crippen molar-refractivity contribution in [3.8, 4) is 5.75 Å². The lowest BCUT2D eigenvalue weighted by atomic mass is 9.95. The number of furan rings is 1. The molecule has 5 amide bonds. The quantitative estimate of drug-likeness (QED) is 0.506. The van der Waals surface area contributed by atoms with Crippen molar-refractivity contribution in [3.05, 3.63) is 53.0 Å². The van der Waals surface area contributed by atoms with Crippen molar-refractivity contribution in [3.63, 3.8) is 0 Å². The number of benzene rings is 1. The number of ether oxygens (including phenoxy) is 1. The van der Waals surface area contributed by atoms with Gasteiger partial charge in [0.1, 0.15) is 17.1 Å². The highest BCUT2D eigenvalue weighted by Gasteiger charge is 2.53. The fourth-order valence-electron chi connectivity index (χ4n) is 5.26. The molecule has 2 fully saturated rings. The molecule has 0 saturated carbocycles. The smallest absolute Gasteiger partial charge is 0.322 e. The lowest BCUT2D eigenvalue weighted by Crippen LogP contribution is -2.52. The standard InChI is InChI=1S/C25H22FN5O6/c1-12-3-8-19(32)31(12)18-7-6-15-14(27-18)9-17(37-15)25(23(34)28-24(35)29-25)11-30-10-13-4-5-16(36-2)21(26)20(13)22(30)33/h4-7,9,12H,3,8,10-11H2,1-2H3,(H2,28,29,34,35). The van der Waals surface area contributed by atoms with E-state index in [1.165, 1.54) is 24.1 Å². The monoisotopic (exact) mass is 507 g/mol. The summed E-state index contributed by atoms with van der Waals surface area (Å²) in [6.45, 7) is 1.65. The number of methoxy groups -OCH3 is 1. The SMILES string of the molecule is COc1ccc2c(c1F)C(=O)N(CC1(c3cc4nc(N5C(=O)CCC5C)ccc4o3)NC(=O)NC1=O)C2. The molecule has 1 aromatic carbocycles. The minimum absolute atomic E-state index is 0.00288. The number of hydrogen-bond donors (Lipinski definition) is 2. The highest BCUT2D eigenvalue weighted by Crippen LogP contribution is 2.36. The Morgan fingerprint density at radius 3 is 2.70 bits per heavy atom. The van der Waals surface area contributed by atoms with E-state index in [9.17, 15) is 23.6 Å². The minimum atomic E-state index is -1.77. The number of fused-ring (bicyclic) bond motifs is 2. The number of aromatic nitrogens is 1. The van der Waals surface area contributed by atoms with Gasteiger partial charge in [-0.3, -0.25) is 24.6 Å². The summed E-state index contributed by atoms with van der Waals surface area (Å²) >= 11 is 0. The summed E-state index contributed by atoms with van der Waals surface area (Å²) in [6.07, 6.45) is 1.16. The molecular formula is C25H22FN5O6. The maximum atomic E-state index is 14.9. The lowest BCUT2D eigenvalue weighted by molar-refractivity contribution is -0.125. The average molecular weight is 507 g/mol. The Labute approximate surface area is 209 Å². The molecular weight excluding hydrogens is 485 g/mol. The van der Waals surface area contributed by atoms with Crippen LogP contribution in [0.25, 0.3) is 11.1 Å². The van der Waals surface area contributed by atoms with Crippen LogP contribution in [0, 0.1) is 5.82 Å². The van der Waals surface area contributed by atoms with Crippen molar-refractivity contribution in [1.29, 1.82) is 0 Å². The summed E-state index contributed by atoms with van der Waals surface area (Å²) in [5.41, 5.74) is -0.770. The number of urea groups is 1. The molecule has 12 heteroatoms. The van der Waals surface area contributed by atoms with Crippen molar-refractivity contribution in [2.45, 2.75) is 37.9 Å².